The van der Waals surface area contributed by atoms with Crippen molar-refractivity contribution >= 4 is 0 Å². The maximum Gasteiger partial charge on any atom is 0.0808 e. The second-order valence-electron chi connectivity index (χ2n) is 5.21. The van der Waals surface area contributed by atoms with Crippen LogP contribution >= 0.6 is 0 Å². The van der Waals surface area contributed by atoms with Gasteiger partial charge in [-0.05, 0) is 45.6 Å². The number of likely N-dealkylation sites (N-methyl/N-ethyl adjacent to an activating group) is 1. The molecule has 0 bridgehead atoms. The zero-order valence-corrected chi connectivity index (χ0v) is 11.9. The third-order valence-electron chi connectivity index (χ3n) is 4.03. The van der Waals surface area contributed by atoms with Crippen molar-refractivity contribution in [1.29, 1.82) is 0 Å². The van der Waals surface area contributed by atoms with Gasteiger partial charge < -0.3 is 19.9 Å². The summed E-state index contributed by atoms with van der Waals surface area (Å²) in [5.41, 5.74) is -0.134. The Labute approximate surface area is 111 Å². The molecule has 1 fully saturated rings. The maximum absolute atomic E-state index is 9.41. The van der Waals surface area contributed by atoms with E-state index in [0.717, 1.165) is 45.5 Å². The van der Waals surface area contributed by atoms with Crippen molar-refractivity contribution in [1.82, 2.24) is 5.32 Å². The van der Waals surface area contributed by atoms with Crippen molar-refractivity contribution in [2.75, 3.05) is 33.5 Å². The van der Waals surface area contributed by atoms with Crippen LogP contribution in [0, 0.1) is 0 Å². The van der Waals surface area contributed by atoms with E-state index in [0.29, 0.717) is 6.10 Å². The Morgan fingerprint density at radius 2 is 2.28 bits per heavy atom. The summed E-state index contributed by atoms with van der Waals surface area (Å²) in [6.07, 6.45) is 6.74. The molecule has 0 saturated carbocycles. The van der Waals surface area contributed by atoms with E-state index in [1.165, 1.54) is 12.8 Å². The fourth-order valence-corrected chi connectivity index (χ4v) is 2.41. The number of aliphatic hydroxyl groups excluding tert-OH is 1. The molecule has 1 rings (SSSR count). The lowest BCUT2D eigenvalue weighted by atomic mass is 9.92. The van der Waals surface area contributed by atoms with Gasteiger partial charge in [0.05, 0.1) is 19.3 Å². The highest BCUT2D eigenvalue weighted by molar-refractivity contribution is 4.84. The van der Waals surface area contributed by atoms with E-state index in [2.05, 4.69) is 12.2 Å². The Balaban J connectivity index is 2.06. The molecule has 1 heterocycles. The molecular formula is C14H29NO3. The van der Waals surface area contributed by atoms with Crippen molar-refractivity contribution in [3.63, 3.8) is 0 Å². The predicted octanol–water partition coefficient (Wildman–Crippen LogP) is 1.71. The number of ether oxygens (including phenoxy) is 2. The van der Waals surface area contributed by atoms with E-state index in [1.54, 1.807) is 0 Å². The van der Waals surface area contributed by atoms with E-state index in [-0.39, 0.29) is 12.1 Å². The topological polar surface area (TPSA) is 50.7 Å². The first kappa shape index (κ1) is 15.9. The van der Waals surface area contributed by atoms with Crippen LogP contribution in [0.3, 0.4) is 0 Å². The van der Waals surface area contributed by atoms with E-state index in [4.69, 9.17) is 9.47 Å². The van der Waals surface area contributed by atoms with E-state index in [1.807, 2.05) is 7.05 Å². The monoisotopic (exact) mass is 259 g/mol. The van der Waals surface area contributed by atoms with E-state index in [9.17, 15) is 5.11 Å². The number of rotatable bonds is 9. The molecule has 2 N–H and O–H groups in total. The Bertz CT molecular complexity index is 193. The summed E-state index contributed by atoms with van der Waals surface area (Å²) in [5.74, 6) is 0. The third-order valence-corrected chi connectivity index (χ3v) is 4.03. The number of hydrogen-bond donors (Lipinski definition) is 2. The summed E-state index contributed by atoms with van der Waals surface area (Å²) in [4.78, 5) is 0. The van der Waals surface area contributed by atoms with Crippen molar-refractivity contribution in [3.05, 3.63) is 0 Å². The van der Waals surface area contributed by atoms with Crippen LogP contribution in [0.4, 0.5) is 0 Å². The fraction of sp³-hybridized carbons (Fsp3) is 1.00. The van der Waals surface area contributed by atoms with Gasteiger partial charge in [0.2, 0.25) is 0 Å². The van der Waals surface area contributed by atoms with Gasteiger partial charge in [-0.1, -0.05) is 6.92 Å². The molecule has 108 valence electrons. The minimum Gasteiger partial charge on any atom is -0.394 e. The molecule has 2 atom stereocenters. The van der Waals surface area contributed by atoms with Crippen molar-refractivity contribution in [2.45, 2.75) is 57.1 Å². The van der Waals surface area contributed by atoms with Crippen molar-refractivity contribution < 1.29 is 14.6 Å². The van der Waals surface area contributed by atoms with Gasteiger partial charge in [0.15, 0.2) is 0 Å². The molecule has 0 amide bonds. The minimum absolute atomic E-state index is 0.134. The lowest BCUT2D eigenvalue weighted by molar-refractivity contribution is -0.0420. The summed E-state index contributed by atoms with van der Waals surface area (Å²) in [7, 11) is 1.91. The Morgan fingerprint density at radius 3 is 2.83 bits per heavy atom. The number of aliphatic hydroxyl groups is 1. The van der Waals surface area contributed by atoms with Crippen LogP contribution in [0.25, 0.3) is 0 Å². The molecular weight excluding hydrogens is 230 g/mol. The van der Waals surface area contributed by atoms with Crippen LogP contribution in [0.2, 0.25) is 0 Å². The zero-order chi connectivity index (χ0) is 13.3. The maximum atomic E-state index is 9.41. The van der Waals surface area contributed by atoms with Crippen LogP contribution in [0.1, 0.15) is 45.4 Å². The first-order valence-corrected chi connectivity index (χ1v) is 7.25. The van der Waals surface area contributed by atoms with Crippen molar-refractivity contribution in [2.24, 2.45) is 0 Å². The Kier molecular flexibility index (Phi) is 7.82. The minimum atomic E-state index is -0.134. The van der Waals surface area contributed by atoms with Gasteiger partial charge in [-0.2, -0.15) is 0 Å². The second-order valence-corrected chi connectivity index (χ2v) is 5.21. The van der Waals surface area contributed by atoms with Crippen LogP contribution in [-0.4, -0.2) is 50.2 Å². The molecule has 1 aliphatic rings. The molecule has 1 aliphatic heterocycles. The van der Waals surface area contributed by atoms with Gasteiger partial charge in [0, 0.05) is 18.8 Å². The summed E-state index contributed by atoms with van der Waals surface area (Å²) < 4.78 is 11.3. The average Bonchev–Trinajstić information content (AvgIpc) is 2.45. The first-order chi connectivity index (χ1) is 8.76. The molecule has 0 aromatic rings. The van der Waals surface area contributed by atoms with Crippen LogP contribution in [0.5, 0.6) is 0 Å². The summed E-state index contributed by atoms with van der Waals surface area (Å²) in [6, 6.07) is 0. The van der Waals surface area contributed by atoms with Gasteiger partial charge in [-0.15, -0.1) is 0 Å². The summed E-state index contributed by atoms with van der Waals surface area (Å²) in [6.45, 7) is 4.65. The standard InChI is InChI=1S/C14H29NO3/c1-3-14(12-16,15-2)8-6-9-17-11-13-7-4-5-10-18-13/h13,15-16H,3-12H2,1-2H3. The first-order valence-electron chi connectivity index (χ1n) is 7.25. The van der Waals surface area contributed by atoms with Crippen LogP contribution in [-0.2, 0) is 9.47 Å². The van der Waals surface area contributed by atoms with Gasteiger partial charge in [-0.3, -0.25) is 0 Å². The summed E-state index contributed by atoms with van der Waals surface area (Å²) in [5, 5.41) is 12.6. The zero-order valence-electron chi connectivity index (χ0n) is 11.9. The van der Waals surface area contributed by atoms with Gasteiger partial charge in [-0.25, -0.2) is 0 Å². The van der Waals surface area contributed by atoms with E-state index < -0.39 is 0 Å². The highest BCUT2D eigenvalue weighted by atomic mass is 16.5. The molecule has 0 aliphatic carbocycles. The SMILES string of the molecule is CCC(CO)(CCCOCC1CCCCO1)NC. The predicted molar refractivity (Wildman–Crippen MR) is 72.8 cm³/mol. The normalized spacial score (nSPS) is 23.8. The molecule has 0 spiro atoms. The average molecular weight is 259 g/mol. The number of nitrogens with one attached hydrogen (secondary N) is 1. The Hall–Kier alpha value is -0.160. The van der Waals surface area contributed by atoms with Gasteiger partial charge in [0.25, 0.3) is 0 Å². The van der Waals surface area contributed by atoms with Crippen LogP contribution < -0.4 is 5.32 Å². The third kappa shape index (κ3) is 5.22. The largest absolute Gasteiger partial charge is 0.394 e. The van der Waals surface area contributed by atoms with Crippen molar-refractivity contribution in [3.8, 4) is 0 Å². The molecule has 0 aromatic carbocycles. The smallest absolute Gasteiger partial charge is 0.0808 e. The summed E-state index contributed by atoms with van der Waals surface area (Å²) >= 11 is 0. The lowest BCUT2D eigenvalue weighted by Crippen LogP contribution is -2.46. The fourth-order valence-electron chi connectivity index (χ4n) is 2.41. The molecule has 1 saturated heterocycles. The highest BCUT2D eigenvalue weighted by Gasteiger charge is 2.24. The number of hydrogen-bond acceptors (Lipinski definition) is 4. The highest BCUT2D eigenvalue weighted by Crippen LogP contribution is 2.17. The van der Waals surface area contributed by atoms with Gasteiger partial charge >= 0.3 is 0 Å². The molecule has 18 heavy (non-hydrogen) atoms. The van der Waals surface area contributed by atoms with Gasteiger partial charge in [0.1, 0.15) is 0 Å². The molecule has 2 unspecified atom stereocenters. The second kappa shape index (κ2) is 8.86. The Morgan fingerprint density at radius 1 is 1.44 bits per heavy atom. The van der Waals surface area contributed by atoms with Crippen LogP contribution in [0.15, 0.2) is 0 Å². The molecule has 0 aromatic heterocycles. The van der Waals surface area contributed by atoms with E-state index >= 15 is 0 Å². The molecule has 0 radical (unpaired) electrons. The molecule has 4 heteroatoms. The quantitative estimate of drug-likeness (QED) is 0.619. The lowest BCUT2D eigenvalue weighted by Gasteiger charge is -2.30. The molecule has 4 nitrogen and oxygen atoms in total.